The van der Waals surface area contributed by atoms with Crippen LogP contribution in [0.25, 0.3) is 0 Å². The zero-order valence-corrected chi connectivity index (χ0v) is 22.2. The van der Waals surface area contributed by atoms with Gasteiger partial charge in [0.05, 0.1) is 16.8 Å². The number of fused-ring (bicyclic) bond motifs is 8. The summed E-state index contributed by atoms with van der Waals surface area (Å²) in [5, 5.41) is 0. The summed E-state index contributed by atoms with van der Waals surface area (Å²) in [5.41, 5.74) is 13.7. The summed E-state index contributed by atoms with van der Waals surface area (Å²) in [6, 6.07) is 36.9. The second-order valence-corrected chi connectivity index (χ2v) is 10.8. The van der Waals surface area contributed by atoms with Gasteiger partial charge in [-0.3, -0.25) is 4.79 Å². The fraction of sp³-hybridized carbons (Fsp3) is 0.139. The highest BCUT2D eigenvalue weighted by atomic mass is 16.1. The molecule has 1 aliphatic heterocycles. The molecule has 2 heteroatoms. The predicted molar refractivity (Wildman–Crippen MR) is 155 cm³/mol. The van der Waals surface area contributed by atoms with Gasteiger partial charge in [0, 0.05) is 16.8 Å². The third kappa shape index (κ3) is 2.92. The molecule has 1 aliphatic carbocycles. The average Bonchev–Trinajstić information content (AvgIpc) is 2.93. The highest BCUT2D eigenvalue weighted by molar-refractivity contribution is 6.15. The Morgan fingerprint density at radius 1 is 0.526 bits per heavy atom. The highest BCUT2D eigenvalue weighted by Crippen LogP contribution is 2.60. The lowest BCUT2D eigenvalue weighted by Gasteiger charge is -2.49. The Morgan fingerprint density at radius 2 is 1.16 bits per heavy atom. The molecule has 1 unspecified atom stereocenters. The Bertz CT molecular complexity index is 1780. The molecule has 38 heavy (non-hydrogen) atoms. The standard InChI is InChI=1S/C36H29NO/c1-22-13-16-26(17-14-22)37-33-12-8-7-11-30(33)36(31-18-15-23(2)19-34(31)37)29-10-6-5-9-27(29)35(38)28-20-24(3)25(4)21-32(28)36/h5-21H,1-4H3. The molecule has 1 spiro atoms. The number of ketones is 1. The van der Waals surface area contributed by atoms with Gasteiger partial charge in [0.1, 0.15) is 0 Å². The van der Waals surface area contributed by atoms with E-state index >= 15 is 0 Å². The summed E-state index contributed by atoms with van der Waals surface area (Å²) in [4.78, 5) is 16.4. The topological polar surface area (TPSA) is 20.3 Å². The van der Waals surface area contributed by atoms with E-state index in [2.05, 4.69) is 124 Å². The van der Waals surface area contributed by atoms with Gasteiger partial charge < -0.3 is 4.90 Å². The van der Waals surface area contributed by atoms with E-state index in [0.29, 0.717) is 0 Å². The Labute approximate surface area is 224 Å². The van der Waals surface area contributed by atoms with Crippen LogP contribution in [-0.2, 0) is 5.41 Å². The Morgan fingerprint density at radius 3 is 1.95 bits per heavy atom. The van der Waals surface area contributed by atoms with Crippen LogP contribution in [0.5, 0.6) is 0 Å². The molecule has 0 bridgehead atoms. The van der Waals surface area contributed by atoms with E-state index in [9.17, 15) is 4.79 Å². The molecule has 2 aliphatic rings. The van der Waals surface area contributed by atoms with Gasteiger partial charge >= 0.3 is 0 Å². The first-order valence-corrected chi connectivity index (χ1v) is 13.2. The van der Waals surface area contributed by atoms with Gasteiger partial charge in [0.15, 0.2) is 5.78 Å². The van der Waals surface area contributed by atoms with E-state index in [-0.39, 0.29) is 5.78 Å². The van der Waals surface area contributed by atoms with Crippen molar-refractivity contribution < 1.29 is 4.79 Å². The molecule has 1 heterocycles. The highest BCUT2D eigenvalue weighted by Gasteiger charge is 2.51. The molecule has 5 aromatic carbocycles. The molecule has 7 rings (SSSR count). The van der Waals surface area contributed by atoms with Crippen molar-refractivity contribution in [2.24, 2.45) is 0 Å². The van der Waals surface area contributed by atoms with Crippen LogP contribution in [0.4, 0.5) is 17.1 Å². The average molecular weight is 492 g/mol. The maximum Gasteiger partial charge on any atom is 0.193 e. The molecule has 0 aromatic heterocycles. The third-order valence-corrected chi connectivity index (χ3v) is 8.50. The smallest absolute Gasteiger partial charge is 0.193 e. The van der Waals surface area contributed by atoms with E-state index in [4.69, 9.17) is 0 Å². The monoisotopic (exact) mass is 491 g/mol. The van der Waals surface area contributed by atoms with Crippen molar-refractivity contribution in [3.8, 4) is 0 Å². The van der Waals surface area contributed by atoms with Gasteiger partial charge in [0.25, 0.3) is 0 Å². The molecule has 0 saturated carbocycles. The van der Waals surface area contributed by atoms with Crippen molar-refractivity contribution in [3.63, 3.8) is 0 Å². The van der Waals surface area contributed by atoms with Gasteiger partial charge in [-0.15, -0.1) is 0 Å². The third-order valence-electron chi connectivity index (χ3n) is 8.50. The maximum absolute atomic E-state index is 14.0. The number of carbonyl (C=O) groups is 1. The van der Waals surface area contributed by atoms with Gasteiger partial charge in [-0.2, -0.15) is 0 Å². The van der Waals surface area contributed by atoms with Gasteiger partial charge in [0.2, 0.25) is 0 Å². The summed E-state index contributed by atoms with van der Waals surface area (Å²) in [5.74, 6) is 0.108. The lowest BCUT2D eigenvalue weighted by Crippen LogP contribution is -2.42. The Kier molecular flexibility index (Phi) is 4.81. The first kappa shape index (κ1) is 22.7. The molecule has 0 saturated heterocycles. The largest absolute Gasteiger partial charge is 0.310 e. The van der Waals surface area contributed by atoms with Gasteiger partial charge in [-0.05, 0) is 97.0 Å². The van der Waals surface area contributed by atoms with Crippen LogP contribution in [0.2, 0.25) is 0 Å². The number of benzene rings is 5. The van der Waals surface area contributed by atoms with Crippen molar-refractivity contribution in [3.05, 3.63) is 159 Å². The van der Waals surface area contributed by atoms with Gasteiger partial charge in [-0.1, -0.05) is 78.4 Å². The minimum atomic E-state index is -0.612. The molecule has 5 aromatic rings. The number of nitrogens with zero attached hydrogens (tertiary/aromatic N) is 1. The molecular weight excluding hydrogens is 462 g/mol. The molecule has 2 nitrogen and oxygen atoms in total. The molecule has 0 fully saturated rings. The van der Waals surface area contributed by atoms with E-state index in [1.807, 2.05) is 12.1 Å². The molecule has 184 valence electrons. The van der Waals surface area contributed by atoms with Crippen LogP contribution >= 0.6 is 0 Å². The molecule has 0 radical (unpaired) electrons. The number of hydrogen-bond acceptors (Lipinski definition) is 2. The SMILES string of the molecule is Cc1ccc(N2c3ccccc3C3(c4ccccc4C(=O)c4cc(C)c(C)cc43)c3ccc(C)cc32)cc1. The first-order chi connectivity index (χ1) is 18.4. The van der Waals surface area contributed by atoms with Crippen LogP contribution in [0.15, 0.2) is 103 Å². The quantitative estimate of drug-likeness (QED) is 0.229. The number of carbonyl (C=O) groups excluding carboxylic acids is 1. The second-order valence-electron chi connectivity index (χ2n) is 10.8. The van der Waals surface area contributed by atoms with Crippen molar-refractivity contribution in [2.45, 2.75) is 33.1 Å². The normalized spacial score (nSPS) is 17.1. The van der Waals surface area contributed by atoms with Crippen LogP contribution in [0.1, 0.15) is 60.4 Å². The summed E-state index contributed by atoms with van der Waals surface area (Å²) < 4.78 is 0. The minimum Gasteiger partial charge on any atom is -0.310 e. The van der Waals surface area contributed by atoms with E-state index in [0.717, 1.165) is 44.9 Å². The zero-order chi connectivity index (χ0) is 26.2. The maximum atomic E-state index is 14.0. The number of rotatable bonds is 1. The van der Waals surface area contributed by atoms with Crippen LogP contribution in [-0.4, -0.2) is 5.78 Å². The minimum absolute atomic E-state index is 0.108. The Balaban J connectivity index is 1.69. The van der Waals surface area contributed by atoms with Crippen molar-refractivity contribution in [1.82, 2.24) is 0 Å². The molecule has 0 N–H and O–H groups in total. The number of anilines is 3. The van der Waals surface area contributed by atoms with Crippen molar-refractivity contribution >= 4 is 22.8 Å². The number of hydrogen-bond donors (Lipinski definition) is 0. The van der Waals surface area contributed by atoms with E-state index < -0.39 is 5.41 Å². The fourth-order valence-corrected chi connectivity index (χ4v) is 6.57. The first-order valence-electron chi connectivity index (χ1n) is 13.2. The molecular formula is C36H29NO. The van der Waals surface area contributed by atoms with Crippen molar-refractivity contribution in [1.29, 1.82) is 0 Å². The van der Waals surface area contributed by atoms with Crippen LogP contribution in [0, 0.1) is 27.7 Å². The number of para-hydroxylation sites is 1. The zero-order valence-electron chi connectivity index (χ0n) is 22.2. The summed E-state index contributed by atoms with van der Waals surface area (Å²) in [6.45, 7) is 8.53. The van der Waals surface area contributed by atoms with Crippen molar-refractivity contribution in [2.75, 3.05) is 4.90 Å². The predicted octanol–water partition coefficient (Wildman–Crippen LogP) is 8.63. The number of aryl methyl sites for hydroxylation is 4. The van der Waals surface area contributed by atoms with Crippen LogP contribution < -0.4 is 4.90 Å². The summed E-state index contributed by atoms with van der Waals surface area (Å²) in [7, 11) is 0. The second kappa shape index (κ2) is 8.03. The molecule has 1 atom stereocenters. The fourth-order valence-electron chi connectivity index (χ4n) is 6.57. The lowest BCUT2D eigenvalue weighted by molar-refractivity contribution is 0.103. The lowest BCUT2D eigenvalue weighted by atomic mass is 9.57. The Hall–Kier alpha value is -4.43. The summed E-state index contributed by atoms with van der Waals surface area (Å²) in [6.07, 6.45) is 0. The van der Waals surface area contributed by atoms with Gasteiger partial charge in [-0.25, -0.2) is 0 Å². The van der Waals surface area contributed by atoms with Crippen LogP contribution in [0.3, 0.4) is 0 Å². The summed E-state index contributed by atoms with van der Waals surface area (Å²) >= 11 is 0. The van der Waals surface area contributed by atoms with E-state index in [1.54, 1.807) is 0 Å². The van der Waals surface area contributed by atoms with E-state index in [1.165, 1.54) is 27.8 Å². The molecule has 0 amide bonds.